The molecule has 1 aromatic rings. The van der Waals surface area contributed by atoms with Gasteiger partial charge in [-0.15, -0.1) is 0 Å². The van der Waals surface area contributed by atoms with Crippen LogP contribution in [0.2, 0.25) is 0 Å². The highest BCUT2D eigenvalue weighted by Crippen LogP contribution is 2.25. The molecule has 0 bridgehead atoms. The van der Waals surface area contributed by atoms with Crippen LogP contribution in [0.5, 0.6) is 0 Å². The van der Waals surface area contributed by atoms with Gasteiger partial charge in [-0.05, 0) is 24.7 Å². The molecular weight excluding hydrogens is 224 g/mol. The van der Waals surface area contributed by atoms with E-state index in [9.17, 15) is 0 Å². The zero-order valence-electron chi connectivity index (χ0n) is 11.8. The Balaban J connectivity index is 1.97. The summed E-state index contributed by atoms with van der Waals surface area (Å²) in [5, 5.41) is 3.80. The number of nitrogens with zero attached hydrogens (tertiary/aromatic N) is 2. The molecule has 1 saturated carbocycles. The summed E-state index contributed by atoms with van der Waals surface area (Å²) in [4.78, 5) is 4.12. The van der Waals surface area contributed by atoms with Gasteiger partial charge in [-0.3, -0.25) is 0 Å². The molecule has 1 aromatic heterocycles. The van der Waals surface area contributed by atoms with Crippen LogP contribution in [-0.4, -0.2) is 27.7 Å². The van der Waals surface area contributed by atoms with Crippen molar-refractivity contribution in [2.24, 2.45) is 11.1 Å². The molecule has 3 N–H and O–H groups in total. The molecule has 3 unspecified atom stereocenters. The number of hydrogen-bond donors (Lipinski definition) is 2. The van der Waals surface area contributed by atoms with Crippen LogP contribution in [0.25, 0.3) is 0 Å². The Morgan fingerprint density at radius 3 is 2.72 bits per heavy atom. The van der Waals surface area contributed by atoms with E-state index in [1.54, 1.807) is 0 Å². The maximum atomic E-state index is 5.99. The lowest BCUT2D eigenvalue weighted by atomic mass is 9.86. The molecule has 1 aliphatic carbocycles. The van der Waals surface area contributed by atoms with Crippen molar-refractivity contribution in [1.82, 2.24) is 14.9 Å². The quantitative estimate of drug-likeness (QED) is 0.856. The lowest BCUT2D eigenvalue weighted by molar-refractivity contribution is 0.221. The minimum Gasteiger partial charge on any atom is -0.336 e. The number of nitrogens with two attached hydrogens (primary N) is 1. The number of imidazole rings is 1. The molecule has 4 nitrogen and oxygen atoms in total. The molecule has 18 heavy (non-hydrogen) atoms. The molecule has 0 saturated heterocycles. The largest absolute Gasteiger partial charge is 0.336 e. The first-order valence-electron chi connectivity index (χ1n) is 6.92. The van der Waals surface area contributed by atoms with E-state index in [-0.39, 0.29) is 5.41 Å². The van der Waals surface area contributed by atoms with E-state index in [0.717, 1.165) is 19.4 Å². The van der Waals surface area contributed by atoms with Gasteiger partial charge in [0.15, 0.2) is 0 Å². The molecular formula is C14H26N4. The van der Waals surface area contributed by atoms with Crippen molar-refractivity contribution in [3.8, 4) is 0 Å². The Morgan fingerprint density at radius 2 is 2.22 bits per heavy atom. The van der Waals surface area contributed by atoms with E-state index in [1.807, 2.05) is 18.7 Å². The minimum atomic E-state index is 0.233. The maximum absolute atomic E-state index is 5.99. The monoisotopic (exact) mass is 250 g/mol. The van der Waals surface area contributed by atoms with Crippen molar-refractivity contribution in [3.05, 3.63) is 18.7 Å². The second-order valence-electron chi connectivity index (χ2n) is 6.61. The summed E-state index contributed by atoms with van der Waals surface area (Å²) >= 11 is 0. The smallest absolute Gasteiger partial charge is 0.0946 e. The summed E-state index contributed by atoms with van der Waals surface area (Å²) in [6, 6.07) is 1.41. The normalized spacial score (nSPS) is 26.4. The third-order valence-electron chi connectivity index (χ3n) is 3.91. The first-order valence-corrected chi connectivity index (χ1v) is 6.92. The van der Waals surface area contributed by atoms with Gasteiger partial charge in [-0.2, -0.15) is 0 Å². The average Bonchev–Trinajstić information content (AvgIpc) is 2.88. The van der Waals surface area contributed by atoms with Gasteiger partial charge < -0.3 is 15.6 Å². The lowest BCUT2D eigenvalue weighted by Gasteiger charge is -2.34. The van der Waals surface area contributed by atoms with E-state index in [2.05, 4.69) is 35.6 Å². The third-order valence-corrected chi connectivity index (χ3v) is 3.91. The van der Waals surface area contributed by atoms with Gasteiger partial charge in [0.05, 0.1) is 6.33 Å². The molecule has 0 aromatic carbocycles. The van der Waals surface area contributed by atoms with Crippen molar-refractivity contribution in [2.75, 3.05) is 0 Å². The highest BCUT2D eigenvalue weighted by Gasteiger charge is 2.30. The van der Waals surface area contributed by atoms with Crippen molar-refractivity contribution in [3.63, 3.8) is 0 Å². The fourth-order valence-electron chi connectivity index (χ4n) is 2.63. The van der Waals surface area contributed by atoms with E-state index in [4.69, 9.17) is 5.73 Å². The van der Waals surface area contributed by atoms with Crippen molar-refractivity contribution in [1.29, 1.82) is 0 Å². The highest BCUT2D eigenvalue weighted by molar-refractivity contribution is 4.90. The number of aromatic nitrogens is 2. The predicted molar refractivity (Wildman–Crippen MR) is 74.2 cm³/mol. The van der Waals surface area contributed by atoms with E-state index >= 15 is 0 Å². The average molecular weight is 250 g/mol. The molecule has 1 heterocycles. The van der Waals surface area contributed by atoms with Gasteiger partial charge in [-0.25, -0.2) is 4.98 Å². The molecule has 102 valence electrons. The Hall–Kier alpha value is -0.870. The fraction of sp³-hybridized carbons (Fsp3) is 0.786. The first-order chi connectivity index (χ1) is 8.45. The molecule has 0 aliphatic heterocycles. The standard InChI is InChI=1S/C14H26N4/c1-14(2,3)13(9-18-7-6-16-10-18)17-12-5-4-11(15)8-12/h6-7,10-13,17H,4-5,8-9,15H2,1-3H3. The fourth-order valence-corrected chi connectivity index (χ4v) is 2.63. The summed E-state index contributed by atoms with van der Waals surface area (Å²) in [6.45, 7) is 7.83. The molecule has 0 amide bonds. The second-order valence-corrected chi connectivity index (χ2v) is 6.61. The van der Waals surface area contributed by atoms with E-state index in [1.165, 1.54) is 6.42 Å². The first kappa shape index (κ1) is 13.6. The van der Waals surface area contributed by atoms with Gasteiger partial charge >= 0.3 is 0 Å². The number of nitrogens with one attached hydrogen (secondary N) is 1. The van der Waals surface area contributed by atoms with Crippen LogP contribution in [-0.2, 0) is 6.54 Å². The van der Waals surface area contributed by atoms with Crippen LogP contribution in [0.15, 0.2) is 18.7 Å². The summed E-state index contributed by atoms with van der Waals surface area (Å²) < 4.78 is 2.15. The summed E-state index contributed by atoms with van der Waals surface area (Å²) in [6.07, 6.45) is 9.22. The Labute approximate surface area is 110 Å². The number of rotatable bonds is 4. The summed E-state index contributed by atoms with van der Waals surface area (Å²) in [5.41, 5.74) is 6.22. The SMILES string of the molecule is CC(C)(C)C(Cn1ccnc1)NC1CCC(N)C1. The molecule has 3 atom stereocenters. The minimum absolute atomic E-state index is 0.233. The lowest BCUT2D eigenvalue weighted by Crippen LogP contribution is -2.47. The van der Waals surface area contributed by atoms with Crippen molar-refractivity contribution >= 4 is 0 Å². The van der Waals surface area contributed by atoms with E-state index < -0.39 is 0 Å². The van der Waals surface area contributed by atoms with Crippen LogP contribution in [0.4, 0.5) is 0 Å². The van der Waals surface area contributed by atoms with Gasteiger partial charge in [0.2, 0.25) is 0 Å². The molecule has 1 fully saturated rings. The summed E-state index contributed by atoms with van der Waals surface area (Å²) in [7, 11) is 0. The van der Waals surface area contributed by atoms with Crippen LogP contribution in [0, 0.1) is 5.41 Å². The molecule has 4 heteroatoms. The predicted octanol–water partition coefficient (Wildman–Crippen LogP) is 1.77. The van der Waals surface area contributed by atoms with Crippen molar-refractivity contribution in [2.45, 2.75) is 64.7 Å². The second kappa shape index (κ2) is 5.41. The summed E-state index contributed by atoms with van der Waals surface area (Å²) in [5.74, 6) is 0. The van der Waals surface area contributed by atoms with Crippen molar-refractivity contribution < 1.29 is 0 Å². The topological polar surface area (TPSA) is 55.9 Å². The van der Waals surface area contributed by atoms with Crippen LogP contribution in [0.1, 0.15) is 40.0 Å². The molecule has 1 aliphatic rings. The Morgan fingerprint density at radius 1 is 1.44 bits per heavy atom. The zero-order valence-corrected chi connectivity index (χ0v) is 11.8. The van der Waals surface area contributed by atoms with Gasteiger partial charge in [0.25, 0.3) is 0 Å². The highest BCUT2D eigenvalue weighted by atomic mass is 15.1. The Bertz CT molecular complexity index is 352. The molecule has 2 rings (SSSR count). The third kappa shape index (κ3) is 3.56. The number of hydrogen-bond acceptors (Lipinski definition) is 3. The van der Waals surface area contributed by atoms with Gasteiger partial charge in [-0.1, -0.05) is 20.8 Å². The van der Waals surface area contributed by atoms with Gasteiger partial charge in [0, 0.05) is 37.1 Å². The van der Waals surface area contributed by atoms with Crippen LogP contribution < -0.4 is 11.1 Å². The molecule has 0 radical (unpaired) electrons. The Kier molecular flexibility index (Phi) is 4.07. The van der Waals surface area contributed by atoms with Crippen LogP contribution in [0.3, 0.4) is 0 Å². The molecule has 0 spiro atoms. The maximum Gasteiger partial charge on any atom is 0.0946 e. The van der Waals surface area contributed by atoms with E-state index in [0.29, 0.717) is 18.1 Å². The van der Waals surface area contributed by atoms with Gasteiger partial charge in [0.1, 0.15) is 0 Å². The van der Waals surface area contributed by atoms with Crippen LogP contribution >= 0.6 is 0 Å². The zero-order chi connectivity index (χ0) is 13.2.